The zero-order chi connectivity index (χ0) is 13.6. The fraction of sp³-hybridized carbons (Fsp3) is 0.562. The van der Waals surface area contributed by atoms with Gasteiger partial charge in [0.15, 0.2) is 0 Å². The van der Waals surface area contributed by atoms with Gasteiger partial charge in [-0.1, -0.05) is 19.9 Å². The smallest absolute Gasteiger partial charge is 0.129 e. The maximum Gasteiger partial charge on any atom is 0.129 e. The first-order valence-electron chi connectivity index (χ1n) is 7.20. The third-order valence-electron chi connectivity index (χ3n) is 4.97. The van der Waals surface area contributed by atoms with Crippen LogP contribution in [0, 0.1) is 23.1 Å². The number of halogens is 1. The molecule has 2 nitrogen and oxygen atoms in total. The molecule has 1 saturated carbocycles. The van der Waals surface area contributed by atoms with Gasteiger partial charge in [-0.2, -0.15) is 0 Å². The number of nitrogens with one attached hydrogen (secondary N) is 1. The van der Waals surface area contributed by atoms with E-state index in [4.69, 9.17) is 5.41 Å². The number of benzene rings is 1. The van der Waals surface area contributed by atoms with Gasteiger partial charge in [0, 0.05) is 18.2 Å². The van der Waals surface area contributed by atoms with Crippen molar-refractivity contribution >= 4 is 5.84 Å². The van der Waals surface area contributed by atoms with E-state index in [-0.39, 0.29) is 5.82 Å². The van der Waals surface area contributed by atoms with Crippen molar-refractivity contribution in [2.24, 2.45) is 11.8 Å². The van der Waals surface area contributed by atoms with Crippen LogP contribution in [0.25, 0.3) is 0 Å². The van der Waals surface area contributed by atoms with Crippen LogP contribution in [-0.2, 0) is 6.54 Å². The normalized spacial score (nSPS) is 30.6. The van der Waals surface area contributed by atoms with Gasteiger partial charge < -0.3 is 4.90 Å². The number of rotatable bonds is 1. The molecule has 1 aromatic rings. The molecular formula is C16H21FN2. The Labute approximate surface area is 114 Å². The van der Waals surface area contributed by atoms with E-state index in [0.29, 0.717) is 17.8 Å². The number of hydrogen-bond acceptors (Lipinski definition) is 1. The van der Waals surface area contributed by atoms with E-state index in [9.17, 15) is 4.39 Å². The molecule has 0 saturated heterocycles. The summed E-state index contributed by atoms with van der Waals surface area (Å²) >= 11 is 0. The predicted octanol–water partition coefficient (Wildman–Crippen LogP) is 3.79. The molecule has 0 radical (unpaired) electrons. The zero-order valence-corrected chi connectivity index (χ0v) is 11.6. The Hall–Kier alpha value is -1.38. The third kappa shape index (κ3) is 2.15. The summed E-state index contributed by atoms with van der Waals surface area (Å²) in [5.41, 5.74) is 1.88. The Balaban J connectivity index is 1.80. The lowest BCUT2D eigenvalue weighted by Gasteiger charge is -2.38. The average molecular weight is 260 g/mol. The minimum absolute atomic E-state index is 0.240. The fourth-order valence-electron chi connectivity index (χ4n) is 3.44. The van der Waals surface area contributed by atoms with Gasteiger partial charge in [0.2, 0.25) is 0 Å². The second-order valence-electron chi connectivity index (χ2n) is 6.20. The Morgan fingerprint density at radius 2 is 2.00 bits per heavy atom. The van der Waals surface area contributed by atoms with Gasteiger partial charge in [-0.15, -0.1) is 0 Å². The Morgan fingerprint density at radius 1 is 1.21 bits per heavy atom. The second kappa shape index (κ2) is 4.62. The zero-order valence-electron chi connectivity index (χ0n) is 11.6. The lowest BCUT2D eigenvalue weighted by Crippen LogP contribution is -2.40. The summed E-state index contributed by atoms with van der Waals surface area (Å²) in [4.78, 5) is 2.17. The molecule has 1 aliphatic carbocycles. The molecule has 0 aromatic heterocycles. The van der Waals surface area contributed by atoms with Crippen molar-refractivity contribution in [3.63, 3.8) is 0 Å². The van der Waals surface area contributed by atoms with Crippen LogP contribution in [0.1, 0.15) is 44.2 Å². The van der Waals surface area contributed by atoms with Crippen LogP contribution in [0.3, 0.4) is 0 Å². The highest BCUT2D eigenvalue weighted by Gasteiger charge is 2.34. The van der Waals surface area contributed by atoms with Gasteiger partial charge in [-0.25, -0.2) is 4.39 Å². The Bertz CT molecular complexity index is 511. The molecule has 0 amide bonds. The minimum Gasteiger partial charge on any atom is -0.349 e. The maximum absolute atomic E-state index is 13.3. The van der Waals surface area contributed by atoms with Gasteiger partial charge in [0.1, 0.15) is 11.7 Å². The van der Waals surface area contributed by atoms with Crippen molar-refractivity contribution in [2.45, 2.75) is 45.7 Å². The van der Waals surface area contributed by atoms with Crippen LogP contribution in [0.2, 0.25) is 0 Å². The van der Waals surface area contributed by atoms with Crippen LogP contribution in [0.5, 0.6) is 0 Å². The first kappa shape index (κ1) is 12.6. The molecule has 0 spiro atoms. The maximum atomic E-state index is 13.3. The van der Waals surface area contributed by atoms with Crippen molar-refractivity contribution < 1.29 is 4.39 Å². The molecule has 2 aliphatic rings. The van der Waals surface area contributed by atoms with Gasteiger partial charge >= 0.3 is 0 Å². The minimum atomic E-state index is -0.240. The molecule has 1 aromatic carbocycles. The van der Waals surface area contributed by atoms with Crippen LogP contribution < -0.4 is 0 Å². The van der Waals surface area contributed by atoms with E-state index in [1.54, 1.807) is 0 Å². The molecule has 102 valence electrons. The fourth-order valence-corrected chi connectivity index (χ4v) is 3.44. The van der Waals surface area contributed by atoms with Crippen molar-refractivity contribution in [1.82, 2.24) is 4.90 Å². The molecule has 1 fully saturated rings. The summed E-state index contributed by atoms with van der Waals surface area (Å²) < 4.78 is 13.3. The molecule has 1 N–H and O–H groups in total. The van der Waals surface area contributed by atoms with Gasteiger partial charge in [0.05, 0.1) is 0 Å². The van der Waals surface area contributed by atoms with Crippen molar-refractivity contribution in [2.75, 3.05) is 0 Å². The SMILES string of the molecule is CC1CCC(N2Cc3ccc(F)cc3C2=N)CC1C. The first-order chi connectivity index (χ1) is 9.06. The Kier molecular flexibility index (Phi) is 3.08. The number of hydrogen-bond donors (Lipinski definition) is 1. The predicted molar refractivity (Wildman–Crippen MR) is 74.7 cm³/mol. The molecule has 1 heterocycles. The second-order valence-corrected chi connectivity index (χ2v) is 6.20. The molecule has 3 rings (SSSR count). The largest absolute Gasteiger partial charge is 0.349 e. The monoisotopic (exact) mass is 260 g/mol. The summed E-state index contributed by atoms with van der Waals surface area (Å²) in [5.74, 6) is 1.78. The number of amidine groups is 1. The average Bonchev–Trinajstić information content (AvgIpc) is 2.70. The highest BCUT2D eigenvalue weighted by atomic mass is 19.1. The lowest BCUT2D eigenvalue weighted by molar-refractivity contribution is 0.163. The van der Waals surface area contributed by atoms with Crippen LogP contribution in [0.15, 0.2) is 18.2 Å². The molecule has 1 aliphatic heterocycles. The molecular weight excluding hydrogens is 239 g/mol. The van der Waals surface area contributed by atoms with E-state index in [1.165, 1.54) is 18.6 Å². The Morgan fingerprint density at radius 3 is 2.74 bits per heavy atom. The highest BCUT2D eigenvalue weighted by molar-refractivity contribution is 6.00. The van der Waals surface area contributed by atoms with Gasteiger partial charge in [0.25, 0.3) is 0 Å². The first-order valence-corrected chi connectivity index (χ1v) is 7.20. The summed E-state index contributed by atoms with van der Waals surface area (Å²) in [7, 11) is 0. The van der Waals surface area contributed by atoms with E-state index in [0.717, 1.165) is 36.4 Å². The van der Waals surface area contributed by atoms with E-state index < -0.39 is 0 Å². The lowest BCUT2D eigenvalue weighted by atomic mass is 9.78. The van der Waals surface area contributed by atoms with Gasteiger partial charge in [-0.05, 0) is 48.8 Å². The van der Waals surface area contributed by atoms with E-state index >= 15 is 0 Å². The van der Waals surface area contributed by atoms with Crippen LogP contribution >= 0.6 is 0 Å². The summed E-state index contributed by atoms with van der Waals surface area (Å²) in [6.07, 6.45) is 3.55. The number of nitrogens with zero attached hydrogens (tertiary/aromatic N) is 1. The van der Waals surface area contributed by atoms with Gasteiger partial charge in [-0.3, -0.25) is 5.41 Å². The van der Waals surface area contributed by atoms with Crippen molar-refractivity contribution in [3.05, 3.63) is 35.1 Å². The summed E-state index contributed by atoms with van der Waals surface area (Å²) in [6, 6.07) is 5.29. The molecule has 3 unspecified atom stereocenters. The summed E-state index contributed by atoms with van der Waals surface area (Å²) in [5, 5.41) is 8.30. The topological polar surface area (TPSA) is 27.1 Å². The van der Waals surface area contributed by atoms with Crippen LogP contribution in [0.4, 0.5) is 4.39 Å². The molecule has 0 bridgehead atoms. The molecule has 19 heavy (non-hydrogen) atoms. The highest BCUT2D eigenvalue weighted by Crippen LogP contribution is 2.35. The quantitative estimate of drug-likeness (QED) is 0.817. The van der Waals surface area contributed by atoms with E-state index in [1.807, 2.05) is 6.07 Å². The van der Waals surface area contributed by atoms with Crippen molar-refractivity contribution in [1.29, 1.82) is 5.41 Å². The standard InChI is InChI=1S/C16H21FN2/c1-10-3-6-14(7-11(10)2)19-9-12-4-5-13(17)8-15(12)16(19)18/h4-5,8,10-11,14,18H,3,6-7,9H2,1-2H3. The van der Waals surface area contributed by atoms with Crippen molar-refractivity contribution in [3.8, 4) is 0 Å². The molecule has 3 atom stereocenters. The summed E-state index contributed by atoms with van der Waals surface area (Å²) in [6.45, 7) is 5.41. The third-order valence-corrected chi connectivity index (χ3v) is 4.97. The van der Waals surface area contributed by atoms with Crippen LogP contribution in [-0.4, -0.2) is 16.8 Å². The molecule has 3 heteroatoms. The van der Waals surface area contributed by atoms with E-state index in [2.05, 4.69) is 18.7 Å². The number of fused-ring (bicyclic) bond motifs is 1.